The van der Waals surface area contributed by atoms with Gasteiger partial charge in [-0.1, -0.05) is 0 Å². The standard InChI is InChI=1S/C21H19F2N5O2/c22-13-3-4-16(17(23)10-13)19-6-5-18(24)20(26-19)27-21(29)28-9-7-15(12-28)30-14-2-1-8-25-11-14/h1-6,8,10-11,15H,7,9,12,24H2,(H,26,27,29)/t15-/m0/s1. The van der Waals surface area contributed by atoms with Crippen LogP contribution in [0.3, 0.4) is 0 Å². The van der Waals surface area contributed by atoms with E-state index < -0.39 is 11.6 Å². The topological polar surface area (TPSA) is 93.4 Å². The van der Waals surface area contributed by atoms with Crippen LogP contribution in [0.1, 0.15) is 6.42 Å². The first-order valence-corrected chi connectivity index (χ1v) is 9.34. The lowest BCUT2D eigenvalue weighted by Crippen LogP contribution is -2.35. The number of carbonyl (C=O) groups excluding carboxylic acids is 1. The second-order valence-corrected chi connectivity index (χ2v) is 6.85. The van der Waals surface area contributed by atoms with Crippen LogP contribution in [0, 0.1) is 11.6 Å². The normalized spacial score (nSPS) is 15.8. The SMILES string of the molecule is Nc1ccc(-c2ccc(F)cc2F)nc1NC(=O)N1CC[C@H](Oc2cccnc2)C1. The van der Waals surface area contributed by atoms with Crippen LogP contribution in [0.25, 0.3) is 11.3 Å². The van der Waals surface area contributed by atoms with Crippen molar-refractivity contribution < 1.29 is 18.3 Å². The number of hydrogen-bond acceptors (Lipinski definition) is 5. The number of hydrogen-bond donors (Lipinski definition) is 2. The summed E-state index contributed by atoms with van der Waals surface area (Å²) < 4.78 is 33.1. The molecule has 0 spiro atoms. The fraction of sp³-hybridized carbons (Fsp3) is 0.190. The molecule has 1 atom stereocenters. The van der Waals surface area contributed by atoms with Crippen molar-refractivity contribution in [1.82, 2.24) is 14.9 Å². The lowest BCUT2D eigenvalue weighted by molar-refractivity contribution is 0.194. The Morgan fingerprint density at radius 2 is 2.10 bits per heavy atom. The van der Waals surface area contributed by atoms with E-state index >= 15 is 0 Å². The summed E-state index contributed by atoms with van der Waals surface area (Å²) in [5.41, 5.74) is 6.50. The van der Waals surface area contributed by atoms with Crippen molar-refractivity contribution in [1.29, 1.82) is 0 Å². The van der Waals surface area contributed by atoms with E-state index in [2.05, 4.69) is 15.3 Å². The van der Waals surface area contributed by atoms with E-state index in [1.165, 1.54) is 18.2 Å². The number of benzene rings is 1. The number of aromatic nitrogens is 2. The van der Waals surface area contributed by atoms with E-state index in [-0.39, 0.29) is 34.9 Å². The first kappa shape index (κ1) is 19.6. The van der Waals surface area contributed by atoms with E-state index in [1.54, 1.807) is 29.4 Å². The van der Waals surface area contributed by atoms with E-state index in [0.29, 0.717) is 25.3 Å². The molecule has 4 rings (SSSR count). The highest BCUT2D eigenvalue weighted by molar-refractivity contribution is 5.92. The zero-order valence-corrected chi connectivity index (χ0v) is 15.9. The lowest BCUT2D eigenvalue weighted by atomic mass is 10.1. The van der Waals surface area contributed by atoms with Crippen molar-refractivity contribution in [2.24, 2.45) is 0 Å². The summed E-state index contributed by atoms with van der Waals surface area (Å²) in [6.45, 7) is 0.899. The van der Waals surface area contributed by atoms with Gasteiger partial charge in [0.25, 0.3) is 0 Å². The van der Waals surface area contributed by atoms with Crippen LogP contribution in [-0.2, 0) is 0 Å². The molecule has 1 aromatic carbocycles. The molecule has 9 heteroatoms. The molecule has 1 saturated heterocycles. The summed E-state index contributed by atoms with van der Waals surface area (Å²) >= 11 is 0. The Kier molecular flexibility index (Phi) is 5.42. The monoisotopic (exact) mass is 411 g/mol. The van der Waals surface area contributed by atoms with Crippen molar-refractivity contribution in [3.05, 3.63) is 66.5 Å². The van der Waals surface area contributed by atoms with Crippen LogP contribution in [0.2, 0.25) is 0 Å². The molecular formula is C21H19F2N5O2. The average Bonchev–Trinajstić information content (AvgIpc) is 3.19. The van der Waals surface area contributed by atoms with Crippen LogP contribution >= 0.6 is 0 Å². The summed E-state index contributed by atoms with van der Waals surface area (Å²) in [5, 5.41) is 2.66. The van der Waals surface area contributed by atoms with Gasteiger partial charge in [-0.05, 0) is 36.4 Å². The van der Waals surface area contributed by atoms with Crippen LogP contribution in [-0.4, -0.2) is 40.1 Å². The van der Waals surface area contributed by atoms with Crippen molar-refractivity contribution in [3.63, 3.8) is 0 Å². The molecule has 0 aliphatic carbocycles. The Labute approximate surface area is 171 Å². The van der Waals surface area contributed by atoms with E-state index in [1.807, 2.05) is 0 Å². The zero-order valence-electron chi connectivity index (χ0n) is 15.9. The van der Waals surface area contributed by atoms with Crippen LogP contribution < -0.4 is 15.8 Å². The lowest BCUT2D eigenvalue weighted by Gasteiger charge is -2.18. The van der Waals surface area contributed by atoms with Gasteiger partial charge < -0.3 is 15.4 Å². The molecule has 1 aliphatic heterocycles. The van der Waals surface area contributed by atoms with Gasteiger partial charge in [0.15, 0.2) is 5.82 Å². The molecule has 0 radical (unpaired) electrons. The number of nitrogens with zero attached hydrogens (tertiary/aromatic N) is 3. The summed E-state index contributed by atoms with van der Waals surface area (Å²) in [6, 6.07) is 9.42. The number of nitrogens with one attached hydrogen (secondary N) is 1. The highest BCUT2D eigenvalue weighted by atomic mass is 19.1. The Bertz CT molecular complexity index is 1060. The van der Waals surface area contributed by atoms with Gasteiger partial charge in [0.05, 0.1) is 24.1 Å². The summed E-state index contributed by atoms with van der Waals surface area (Å²) in [5.74, 6) is -0.681. The van der Waals surface area contributed by atoms with Crippen molar-refractivity contribution >= 4 is 17.5 Å². The number of anilines is 2. The molecule has 1 aliphatic rings. The molecule has 3 N–H and O–H groups in total. The Hall–Kier alpha value is -3.75. The molecule has 1 fully saturated rings. The second-order valence-electron chi connectivity index (χ2n) is 6.85. The van der Waals surface area contributed by atoms with E-state index in [9.17, 15) is 13.6 Å². The fourth-order valence-electron chi connectivity index (χ4n) is 3.22. The van der Waals surface area contributed by atoms with Gasteiger partial charge in [0.2, 0.25) is 0 Å². The van der Waals surface area contributed by atoms with Gasteiger partial charge in [0, 0.05) is 30.8 Å². The maximum Gasteiger partial charge on any atom is 0.323 e. The minimum Gasteiger partial charge on any atom is -0.487 e. The smallest absolute Gasteiger partial charge is 0.323 e. The Balaban J connectivity index is 1.44. The van der Waals surface area contributed by atoms with Gasteiger partial charge in [0.1, 0.15) is 23.5 Å². The number of nitrogens with two attached hydrogens (primary N) is 1. The van der Waals surface area contributed by atoms with Crippen molar-refractivity contribution in [2.45, 2.75) is 12.5 Å². The molecular weight excluding hydrogens is 392 g/mol. The highest BCUT2D eigenvalue weighted by Crippen LogP contribution is 2.26. The third-order valence-electron chi connectivity index (χ3n) is 4.73. The zero-order chi connectivity index (χ0) is 21.1. The number of pyridine rings is 2. The second kappa shape index (κ2) is 8.32. The number of nitrogen functional groups attached to an aromatic ring is 1. The molecule has 0 unspecified atom stereocenters. The van der Waals surface area contributed by atoms with E-state index in [0.717, 1.165) is 12.1 Å². The number of ether oxygens (including phenoxy) is 1. The molecule has 3 aromatic rings. The van der Waals surface area contributed by atoms with Crippen molar-refractivity contribution in [3.8, 4) is 17.0 Å². The number of carbonyl (C=O) groups is 1. The predicted molar refractivity (Wildman–Crippen MR) is 108 cm³/mol. The van der Waals surface area contributed by atoms with Crippen LogP contribution in [0.4, 0.5) is 25.1 Å². The van der Waals surface area contributed by atoms with Gasteiger partial charge in [-0.25, -0.2) is 18.6 Å². The molecule has 2 amide bonds. The predicted octanol–water partition coefficient (Wildman–Crippen LogP) is 3.69. The third kappa shape index (κ3) is 4.29. The maximum atomic E-state index is 14.1. The first-order valence-electron chi connectivity index (χ1n) is 9.34. The molecule has 30 heavy (non-hydrogen) atoms. The number of amides is 2. The fourth-order valence-corrected chi connectivity index (χ4v) is 3.22. The molecule has 0 bridgehead atoms. The van der Waals surface area contributed by atoms with Crippen LogP contribution in [0.5, 0.6) is 5.75 Å². The number of likely N-dealkylation sites (tertiary alicyclic amines) is 1. The van der Waals surface area contributed by atoms with Gasteiger partial charge in [-0.15, -0.1) is 0 Å². The van der Waals surface area contributed by atoms with Crippen LogP contribution in [0.15, 0.2) is 54.9 Å². The van der Waals surface area contributed by atoms with Gasteiger partial charge in [-0.2, -0.15) is 0 Å². The largest absolute Gasteiger partial charge is 0.487 e. The van der Waals surface area contributed by atoms with E-state index in [4.69, 9.17) is 10.5 Å². The minimum absolute atomic E-state index is 0.109. The Morgan fingerprint density at radius 1 is 1.23 bits per heavy atom. The van der Waals surface area contributed by atoms with Gasteiger partial charge >= 0.3 is 6.03 Å². The number of urea groups is 1. The number of rotatable bonds is 4. The summed E-state index contributed by atoms with van der Waals surface area (Å²) in [7, 11) is 0. The third-order valence-corrected chi connectivity index (χ3v) is 4.73. The maximum absolute atomic E-state index is 14.1. The molecule has 3 heterocycles. The minimum atomic E-state index is -0.750. The first-order chi connectivity index (χ1) is 14.5. The molecule has 154 valence electrons. The molecule has 0 saturated carbocycles. The van der Waals surface area contributed by atoms with Gasteiger partial charge in [-0.3, -0.25) is 10.3 Å². The Morgan fingerprint density at radius 3 is 2.87 bits per heavy atom. The van der Waals surface area contributed by atoms with Crippen molar-refractivity contribution in [2.75, 3.05) is 24.1 Å². The molecule has 7 nitrogen and oxygen atoms in total. The summed E-state index contributed by atoms with van der Waals surface area (Å²) in [4.78, 5) is 22.5. The molecule has 2 aromatic heterocycles. The number of halogens is 2. The average molecular weight is 411 g/mol. The quantitative estimate of drug-likeness (QED) is 0.683. The highest BCUT2D eigenvalue weighted by Gasteiger charge is 2.28. The summed E-state index contributed by atoms with van der Waals surface area (Å²) in [6.07, 6.45) is 3.80.